The summed E-state index contributed by atoms with van der Waals surface area (Å²) in [5.41, 5.74) is 0. The molecule has 0 saturated heterocycles. The van der Waals surface area contributed by atoms with Crippen molar-refractivity contribution in [1.82, 2.24) is 0 Å². The van der Waals surface area contributed by atoms with Gasteiger partial charge in [-0.2, -0.15) is 0 Å². The molecule has 0 aromatic carbocycles. The van der Waals surface area contributed by atoms with E-state index in [-0.39, 0.29) is 19.3 Å². The van der Waals surface area contributed by atoms with E-state index in [1.54, 1.807) is 12.3 Å². The zero-order valence-corrected chi connectivity index (χ0v) is 19.8. The van der Waals surface area contributed by atoms with Crippen LogP contribution in [0.2, 0.25) is 0 Å². The van der Waals surface area contributed by atoms with Crippen molar-refractivity contribution < 1.29 is 34.2 Å². The number of carbonyl (C=O) groups is 3. The third-order valence-corrected chi connectivity index (χ3v) is 5.99. The van der Waals surface area contributed by atoms with E-state index in [4.69, 9.17) is 0 Å². The monoisotopic (exact) mass is 441 g/mol. The second-order valence-corrected chi connectivity index (χ2v) is 8.39. The molecule has 180 valence electrons. The van der Waals surface area contributed by atoms with Crippen molar-refractivity contribution in [2.45, 2.75) is 123 Å². The van der Waals surface area contributed by atoms with Gasteiger partial charge in [0.1, 0.15) is 6.04 Å². The second kappa shape index (κ2) is 15.8. The van der Waals surface area contributed by atoms with Gasteiger partial charge in [-0.25, -0.2) is 9.59 Å². The minimum Gasteiger partial charge on any atom is -0.544 e. The molecular formula is C24H43NO6. The first kappa shape index (κ1) is 29.1. The van der Waals surface area contributed by atoms with E-state index in [0.29, 0.717) is 25.7 Å². The first-order valence-electron chi connectivity index (χ1n) is 12.0. The van der Waals surface area contributed by atoms with Crippen LogP contribution in [0.15, 0.2) is 12.3 Å². The number of unbranched alkanes of at least 4 members (excludes halogenated alkanes) is 5. The molecule has 7 nitrogen and oxygen atoms in total. The molecule has 0 saturated carbocycles. The van der Waals surface area contributed by atoms with Gasteiger partial charge < -0.3 is 20.1 Å². The fraction of sp³-hybridized carbons (Fsp3) is 0.792. The lowest BCUT2D eigenvalue weighted by molar-refractivity contribution is -0.930. The minimum absolute atomic E-state index is 0.157. The Bertz CT molecular complexity index is 515. The van der Waals surface area contributed by atoms with Crippen molar-refractivity contribution in [3.8, 4) is 0 Å². The quantitative estimate of drug-likeness (QED) is 0.230. The molecule has 0 aliphatic heterocycles. The lowest BCUT2D eigenvalue weighted by Gasteiger charge is -2.49. The van der Waals surface area contributed by atoms with Gasteiger partial charge in [-0.3, -0.25) is 4.48 Å². The Kier molecular flexibility index (Phi) is 14.9. The van der Waals surface area contributed by atoms with Crippen LogP contribution in [0.3, 0.4) is 0 Å². The van der Waals surface area contributed by atoms with Crippen LogP contribution in [-0.2, 0) is 14.4 Å². The summed E-state index contributed by atoms with van der Waals surface area (Å²) in [7, 11) is 0. The van der Waals surface area contributed by atoms with Gasteiger partial charge in [0.05, 0.1) is 12.2 Å². The molecule has 0 bridgehead atoms. The summed E-state index contributed by atoms with van der Waals surface area (Å²) in [5, 5.41) is 32.4. The standard InChI is InChI=1S/C24H43NO6/c1-5-9-10-11-12-13-14-18-25(19(15-6-2)22(26)27,20(16-7-3)23(28)29)21(17-8-4)24(30)31/h14,18-21H,5-13,15-17H2,1-4H3,(H2-,26,27,28,29,30,31). The van der Waals surface area contributed by atoms with Gasteiger partial charge >= 0.3 is 11.9 Å². The summed E-state index contributed by atoms with van der Waals surface area (Å²) < 4.78 is -0.614. The summed E-state index contributed by atoms with van der Waals surface area (Å²) in [6.07, 6.45) is 11.4. The summed E-state index contributed by atoms with van der Waals surface area (Å²) in [4.78, 5) is 37.0. The summed E-state index contributed by atoms with van der Waals surface area (Å²) in [5.74, 6) is -3.72. The Morgan fingerprint density at radius 1 is 0.742 bits per heavy atom. The number of allylic oxidation sites excluding steroid dienone is 1. The van der Waals surface area contributed by atoms with E-state index in [1.165, 1.54) is 0 Å². The van der Waals surface area contributed by atoms with Crippen LogP contribution < -0.4 is 5.11 Å². The van der Waals surface area contributed by atoms with Crippen LogP contribution in [0.25, 0.3) is 0 Å². The number of rotatable bonds is 19. The number of nitrogens with zero attached hydrogens (tertiary/aromatic N) is 1. The highest BCUT2D eigenvalue weighted by Crippen LogP contribution is 2.34. The maximum absolute atomic E-state index is 12.4. The van der Waals surface area contributed by atoms with E-state index in [0.717, 1.165) is 32.1 Å². The normalized spacial score (nSPS) is 16.5. The average molecular weight is 442 g/mol. The number of carboxylic acids is 3. The molecule has 0 aromatic heterocycles. The Morgan fingerprint density at radius 3 is 1.58 bits per heavy atom. The molecular weight excluding hydrogens is 398 g/mol. The molecule has 3 unspecified atom stereocenters. The lowest BCUT2D eigenvalue weighted by atomic mass is 9.93. The van der Waals surface area contributed by atoms with Crippen LogP contribution in [-0.4, -0.2) is 50.7 Å². The summed E-state index contributed by atoms with van der Waals surface area (Å²) in [6.45, 7) is 7.60. The van der Waals surface area contributed by atoms with Gasteiger partial charge in [0.25, 0.3) is 0 Å². The fourth-order valence-corrected chi connectivity index (χ4v) is 4.51. The number of carbonyl (C=O) groups excluding carboxylic acids is 1. The largest absolute Gasteiger partial charge is 0.544 e. The fourth-order valence-electron chi connectivity index (χ4n) is 4.51. The molecule has 7 heteroatoms. The SMILES string of the molecule is CCCCCCCC=C[N+](C(CCC)C(=O)[O-])(C(CCC)C(=O)O)C(CCC)C(=O)O. The second-order valence-electron chi connectivity index (χ2n) is 8.39. The molecule has 0 fully saturated rings. The first-order valence-corrected chi connectivity index (χ1v) is 12.0. The molecule has 2 N–H and O–H groups in total. The average Bonchev–Trinajstić information content (AvgIpc) is 2.71. The minimum atomic E-state index is -1.39. The topological polar surface area (TPSA) is 115 Å². The van der Waals surface area contributed by atoms with E-state index in [9.17, 15) is 29.7 Å². The summed E-state index contributed by atoms with van der Waals surface area (Å²) in [6, 6.07) is -3.56. The van der Waals surface area contributed by atoms with Gasteiger partial charge in [-0.15, -0.1) is 0 Å². The van der Waals surface area contributed by atoms with E-state index >= 15 is 0 Å². The Hall–Kier alpha value is -1.89. The molecule has 0 amide bonds. The Labute approximate surface area is 187 Å². The maximum Gasteiger partial charge on any atom is 0.363 e. The van der Waals surface area contributed by atoms with Gasteiger partial charge in [0.15, 0.2) is 12.1 Å². The number of hydrogen-bond donors (Lipinski definition) is 2. The highest BCUT2D eigenvalue weighted by molar-refractivity contribution is 5.77. The summed E-state index contributed by atoms with van der Waals surface area (Å²) >= 11 is 0. The molecule has 0 rings (SSSR count). The predicted molar refractivity (Wildman–Crippen MR) is 119 cm³/mol. The molecule has 0 aromatic rings. The Morgan fingerprint density at radius 2 is 1.19 bits per heavy atom. The van der Waals surface area contributed by atoms with Crippen LogP contribution >= 0.6 is 0 Å². The van der Waals surface area contributed by atoms with Gasteiger partial charge in [0, 0.05) is 19.3 Å². The molecule has 0 aliphatic carbocycles. The predicted octanol–water partition coefficient (Wildman–Crippen LogP) is 4.10. The number of hydrogen-bond acceptors (Lipinski definition) is 4. The third kappa shape index (κ3) is 8.63. The van der Waals surface area contributed by atoms with Crippen molar-refractivity contribution >= 4 is 17.9 Å². The molecule has 0 heterocycles. The van der Waals surface area contributed by atoms with Gasteiger partial charge in [0.2, 0.25) is 0 Å². The molecule has 0 radical (unpaired) electrons. The highest BCUT2D eigenvalue weighted by atomic mass is 16.4. The highest BCUT2D eigenvalue weighted by Gasteiger charge is 2.54. The van der Waals surface area contributed by atoms with Crippen molar-refractivity contribution in [3.63, 3.8) is 0 Å². The smallest absolute Gasteiger partial charge is 0.363 e. The van der Waals surface area contributed by atoms with Crippen molar-refractivity contribution in [1.29, 1.82) is 0 Å². The van der Waals surface area contributed by atoms with E-state index < -0.39 is 40.5 Å². The maximum atomic E-state index is 12.4. The first-order chi connectivity index (χ1) is 14.7. The van der Waals surface area contributed by atoms with Crippen molar-refractivity contribution in [2.75, 3.05) is 0 Å². The number of aliphatic carboxylic acids is 3. The van der Waals surface area contributed by atoms with Gasteiger partial charge in [-0.05, 0) is 31.8 Å². The van der Waals surface area contributed by atoms with E-state index in [1.807, 2.05) is 20.8 Å². The Balaban J connectivity index is 6.48. The van der Waals surface area contributed by atoms with Crippen LogP contribution in [0.4, 0.5) is 0 Å². The van der Waals surface area contributed by atoms with Gasteiger partial charge in [-0.1, -0.05) is 59.8 Å². The zero-order valence-electron chi connectivity index (χ0n) is 19.8. The third-order valence-electron chi connectivity index (χ3n) is 5.99. The number of carboxylic acid groups (broad SMARTS) is 3. The molecule has 3 atom stereocenters. The molecule has 0 spiro atoms. The van der Waals surface area contributed by atoms with Crippen LogP contribution in [0.1, 0.15) is 105 Å². The van der Waals surface area contributed by atoms with Crippen molar-refractivity contribution in [3.05, 3.63) is 12.3 Å². The molecule has 0 aliphatic rings. The van der Waals surface area contributed by atoms with Crippen molar-refractivity contribution in [2.24, 2.45) is 0 Å². The van der Waals surface area contributed by atoms with Crippen LogP contribution in [0.5, 0.6) is 0 Å². The number of quaternary nitrogens is 1. The lowest BCUT2D eigenvalue weighted by Crippen LogP contribution is -2.71. The van der Waals surface area contributed by atoms with E-state index in [2.05, 4.69) is 6.92 Å². The zero-order chi connectivity index (χ0) is 23.9. The van der Waals surface area contributed by atoms with Crippen LogP contribution in [0, 0.1) is 0 Å². The molecule has 31 heavy (non-hydrogen) atoms.